The van der Waals surface area contributed by atoms with Gasteiger partial charge in [-0.05, 0) is 38.4 Å². The molecule has 25 heavy (non-hydrogen) atoms. The van der Waals surface area contributed by atoms with Crippen molar-refractivity contribution in [2.75, 3.05) is 26.0 Å². The van der Waals surface area contributed by atoms with Gasteiger partial charge in [-0.2, -0.15) is 13.2 Å². The highest BCUT2D eigenvalue weighted by atomic mass is 19.4. The van der Waals surface area contributed by atoms with Crippen LogP contribution in [0.1, 0.15) is 17.6 Å². The standard InChI is InChI=1S/C17H17F3N4O/c1-24(2)13(14-8-5-9-25-14)10-21-15-11-6-3-4-7-12(11)22-16(23-15)17(18,19)20/h3-9,13H,10H2,1-2H3,(H,21,22,23). The zero-order valence-corrected chi connectivity index (χ0v) is 13.7. The van der Waals surface area contributed by atoms with E-state index in [1.807, 2.05) is 25.1 Å². The van der Waals surface area contributed by atoms with Crippen molar-refractivity contribution < 1.29 is 17.6 Å². The number of fused-ring (bicyclic) bond motifs is 1. The summed E-state index contributed by atoms with van der Waals surface area (Å²) in [7, 11) is 3.74. The Kier molecular flexibility index (Phi) is 4.63. The molecule has 3 rings (SSSR count). The Morgan fingerprint density at radius 2 is 1.88 bits per heavy atom. The van der Waals surface area contributed by atoms with Crippen LogP contribution in [0.5, 0.6) is 0 Å². The number of para-hydroxylation sites is 1. The number of furan rings is 1. The van der Waals surface area contributed by atoms with Crippen molar-refractivity contribution in [3.8, 4) is 0 Å². The van der Waals surface area contributed by atoms with E-state index in [0.717, 1.165) is 0 Å². The molecule has 1 atom stereocenters. The average molecular weight is 350 g/mol. The lowest BCUT2D eigenvalue weighted by Crippen LogP contribution is -2.27. The number of halogens is 3. The number of nitrogens with zero attached hydrogens (tertiary/aromatic N) is 3. The molecule has 1 N–H and O–H groups in total. The fourth-order valence-corrected chi connectivity index (χ4v) is 2.55. The van der Waals surface area contributed by atoms with E-state index in [1.54, 1.807) is 30.5 Å². The molecule has 0 spiro atoms. The lowest BCUT2D eigenvalue weighted by Gasteiger charge is -2.23. The first-order chi connectivity index (χ1) is 11.9. The number of alkyl halides is 3. The molecule has 5 nitrogen and oxygen atoms in total. The third-order valence-corrected chi connectivity index (χ3v) is 3.81. The first-order valence-electron chi connectivity index (χ1n) is 7.64. The molecule has 1 unspecified atom stereocenters. The summed E-state index contributed by atoms with van der Waals surface area (Å²) in [4.78, 5) is 9.22. The second-order valence-electron chi connectivity index (χ2n) is 5.79. The van der Waals surface area contributed by atoms with E-state index < -0.39 is 12.0 Å². The minimum atomic E-state index is -4.61. The van der Waals surface area contributed by atoms with Crippen LogP contribution < -0.4 is 5.32 Å². The molecular weight excluding hydrogens is 333 g/mol. The van der Waals surface area contributed by atoms with Crippen LogP contribution in [0, 0.1) is 0 Å². The maximum atomic E-state index is 13.1. The zero-order valence-electron chi connectivity index (χ0n) is 13.7. The highest BCUT2D eigenvalue weighted by Crippen LogP contribution is 2.30. The predicted octanol–water partition coefficient (Wildman–Crippen LogP) is 3.96. The van der Waals surface area contributed by atoms with Crippen LogP contribution in [0.4, 0.5) is 19.0 Å². The number of benzene rings is 1. The van der Waals surface area contributed by atoms with Crippen LogP contribution in [-0.2, 0) is 6.18 Å². The summed E-state index contributed by atoms with van der Waals surface area (Å²) >= 11 is 0. The largest absolute Gasteiger partial charge is 0.468 e. The molecule has 0 amide bonds. The SMILES string of the molecule is CN(C)C(CNc1nc(C(F)(F)F)nc2ccccc12)c1ccco1. The van der Waals surface area contributed by atoms with Crippen LogP contribution in [0.3, 0.4) is 0 Å². The Balaban J connectivity index is 1.94. The molecule has 0 bridgehead atoms. The van der Waals surface area contributed by atoms with Crippen molar-refractivity contribution >= 4 is 16.7 Å². The Morgan fingerprint density at radius 3 is 2.52 bits per heavy atom. The highest BCUT2D eigenvalue weighted by molar-refractivity contribution is 5.89. The second-order valence-corrected chi connectivity index (χ2v) is 5.79. The number of rotatable bonds is 5. The van der Waals surface area contributed by atoms with Crippen LogP contribution in [0.15, 0.2) is 47.1 Å². The van der Waals surface area contributed by atoms with Gasteiger partial charge in [0.15, 0.2) is 0 Å². The van der Waals surface area contributed by atoms with E-state index in [4.69, 9.17) is 4.42 Å². The van der Waals surface area contributed by atoms with E-state index in [9.17, 15) is 13.2 Å². The fraction of sp³-hybridized carbons (Fsp3) is 0.294. The quantitative estimate of drug-likeness (QED) is 0.755. The summed E-state index contributed by atoms with van der Waals surface area (Å²) in [6, 6.07) is 10.0. The molecule has 1 aromatic carbocycles. The van der Waals surface area contributed by atoms with Gasteiger partial charge in [0.05, 0.1) is 17.8 Å². The average Bonchev–Trinajstić information content (AvgIpc) is 3.07. The summed E-state index contributed by atoms with van der Waals surface area (Å²) < 4.78 is 44.6. The smallest absolute Gasteiger partial charge is 0.451 e. The molecule has 2 heterocycles. The molecule has 0 aliphatic rings. The third kappa shape index (κ3) is 3.74. The Hall–Kier alpha value is -2.61. The summed E-state index contributed by atoms with van der Waals surface area (Å²) in [5.41, 5.74) is 0.242. The zero-order chi connectivity index (χ0) is 18.0. The Morgan fingerprint density at radius 1 is 1.12 bits per heavy atom. The molecule has 0 saturated carbocycles. The summed E-state index contributed by atoms with van der Waals surface area (Å²) in [6.45, 7) is 0.332. The maximum Gasteiger partial charge on any atom is 0.451 e. The van der Waals surface area contributed by atoms with Crippen molar-refractivity contribution in [3.63, 3.8) is 0 Å². The van der Waals surface area contributed by atoms with Crippen molar-refractivity contribution in [2.45, 2.75) is 12.2 Å². The second kappa shape index (κ2) is 6.72. The first kappa shape index (κ1) is 17.2. The minimum Gasteiger partial charge on any atom is -0.468 e. The van der Waals surface area contributed by atoms with Gasteiger partial charge in [0.25, 0.3) is 0 Å². The van der Waals surface area contributed by atoms with Gasteiger partial charge in [0.1, 0.15) is 11.6 Å². The summed E-state index contributed by atoms with van der Waals surface area (Å²) in [5, 5.41) is 3.55. The van der Waals surface area contributed by atoms with E-state index in [-0.39, 0.29) is 17.4 Å². The molecule has 8 heteroatoms. The fourth-order valence-electron chi connectivity index (χ4n) is 2.55. The van der Waals surface area contributed by atoms with Gasteiger partial charge < -0.3 is 9.73 Å². The lowest BCUT2D eigenvalue weighted by molar-refractivity contribution is -0.144. The Bertz CT molecular complexity index is 847. The predicted molar refractivity (Wildman–Crippen MR) is 88.2 cm³/mol. The van der Waals surface area contributed by atoms with E-state index >= 15 is 0 Å². The van der Waals surface area contributed by atoms with Crippen molar-refractivity contribution in [1.82, 2.24) is 14.9 Å². The summed E-state index contributed by atoms with van der Waals surface area (Å²) in [6.07, 6.45) is -3.05. The molecule has 0 fully saturated rings. The van der Waals surface area contributed by atoms with Gasteiger partial charge in [-0.15, -0.1) is 0 Å². The van der Waals surface area contributed by atoms with Crippen LogP contribution in [0.2, 0.25) is 0 Å². The monoisotopic (exact) mass is 350 g/mol. The van der Waals surface area contributed by atoms with E-state index in [2.05, 4.69) is 15.3 Å². The van der Waals surface area contributed by atoms with Gasteiger partial charge in [-0.25, -0.2) is 9.97 Å². The minimum absolute atomic E-state index is 0.149. The maximum absolute atomic E-state index is 13.1. The lowest BCUT2D eigenvalue weighted by atomic mass is 10.2. The van der Waals surface area contributed by atoms with Crippen molar-refractivity contribution in [3.05, 3.63) is 54.2 Å². The highest BCUT2D eigenvalue weighted by Gasteiger charge is 2.35. The molecule has 2 aromatic heterocycles. The molecule has 0 aliphatic carbocycles. The number of hydrogen-bond donors (Lipinski definition) is 1. The van der Waals surface area contributed by atoms with Crippen LogP contribution in [0.25, 0.3) is 10.9 Å². The molecular formula is C17H17F3N4O. The van der Waals surface area contributed by atoms with Gasteiger partial charge in [0.2, 0.25) is 5.82 Å². The van der Waals surface area contributed by atoms with Gasteiger partial charge in [-0.1, -0.05) is 12.1 Å². The summed E-state index contributed by atoms with van der Waals surface area (Å²) in [5.74, 6) is -0.295. The van der Waals surface area contributed by atoms with Crippen LogP contribution >= 0.6 is 0 Å². The molecule has 0 radical (unpaired) electrons. The van der Waals surface area contributed by atoms with Crippen molar-refractivity contribution in [1.29, 1.82) is 0 Å². The van der Waals surface area contributed by atoms with Gasteiger partial charge in [0, 0.05) is 11.9 Å². The van der Waals surface area contributed by atoms with Crippen LogP contribution in [-0.4, -0.2) is 35.5 Å². The number of anilines is 1. The Labute approximate surface area is 142 Å². The molecule has 3 aromatic rings. The number of aromatic nitrogens is 2. The number of hydrogen-bond acceptors (Lipinski definition) is 5. The van der Waals surface area contributed by atoms with E-state index in [1.165, 1.54) is 6.07 Å². The van der Waals surface area contributed by atoms with Gasteiger partial charge in [-0.3, -0.25) is 4.90 Å². The van der Waals surface area contributed by atoms with Crippen molar-refractivity contribution in [2.24, 2.45) is 0 Å². The number of nitrogens with one attached hydrogen (secondary N) is 1. The third-order valence-electron chi connectivity index (χ3n) is 3.81. The topological polar surface area (TPSA) is 54.2 Å². The molecule has 0 saturated heterocycles. The van der Waals surface area contributed by atoms with Gasteiger partial charge >= 0.3 is 6.18 Å². The van der Waals surface area contributed by atoms with E-state index in [0.29, 0.717) is 17.7 Å². The molecule has 0 aliphatic heterocycles. The normalized spacial score (nSPS) is 13.4. The first-order valence-corrected chi connectivity index (χ1v) is 7.64. The number of likely N-dealkylation sites (N-methyl/N-ethyl adjacent to an activating group) is 1. The molecule has 132 valence electrons.